The summed E-state index contributed by atoms with van der Waals surface area (Å²) >= 11 is 0. The van der Waals surface area contributed by atoms with Gasteiger partial charge in [-0.05, 0) is 57.4 Å². The van der Waals surface area contributed by atoms with Gasteiger partial charge >= 0.3 is 0 Å². The summed E-state index contributed by atoms with van der Waals surface area (Å²) in [6.07, 6.45) is 4.91. The summed E-state index contributed by atoms with van der Waals surface area (Å²) in [5, 5.41) is 22.2. The number of nitrogens with zero attached hydrogens (tertiary/aromatic N) is 4. The van der Waals surface area contributed by atoms with Gasteiger partial charge in [-0.1, -0.05) is 18.2 Å². The maximum atomic E-state index is 13.9. The van der Waals surface area contributed by atoms with Crippen LogP contribution in [0.25, 0.3) is 0 Å². The van der Waals surface area contributed by atoms with Crippen molar-refractivity contribution < 1.29 is 36.2 Å². The largest absolute Gasteiger partial charge is 0.353 e. The van der Waals surface area contributed by atoms with E-state index < -0.39 is 48.3 Å². The third kappa shape index (κ3) is 8.34. The highest BCUT2D eigenvalue weighted by Gasteiger charge is 2.37. The Morgan fingerprint density at radius 2 is 1.48 bits per heavy atom. The van der Waals surface area contributed by atoms with E-state index in [2.05, 4.69) is 6.58 Å². The lowest BCUT2D eigenvalue weighted by Crippen LogP contribution is -2.45. The van der Waals surface area contributed by atoms with Crippen LogP contribution in [0.4, 0.5) is 11.4 Å². The molecule has 2 aromatic carbocycles. The van der Waals surface area contributed by atoms with E-state index in [-0.39, 0.29) is 40.7 Å². The summed E-state index contributed by atoms with van der Waals surface area (Å²) < 4.78 is 68.5. The number of rotatable bonds is 18. The van der Waals surface area contributed by atoms with Crippen molar-refractivity contribution in [3.8, 4) is 0 Å². The van der Waals surface area contributed by atoms with Crippen molar-refractivity contribution in [2.45, 2.75) is 61.3 Å². The first-order valence-electron chi connectivity index (χ1n) is 13.9. The lowest BCUT2D eigenvalue weighted by Gasteiger charge is -2.33. The second-order valence-corrected chi connectivity index (χ2v) is 13.5. The molecule has 16 heteroatoms. The Morgan fingerprint density at radius 3 is 1.95 bits per heavy atom. The Labute approximate surface area is 257 Å². The van der Waals surface area contributed by atoms with Crippen LogP contribution in [-0.2, 0) is 29.5 Å². The zero-order chi connectivity index (χ0) is 32.5. The first-order valence-corrected chi connectivity index (χ1v) is 16.8. The number of non-ortho nitro benzene ring substituents is 2. The van der Waals surface area contributed by atoms with E-state index in [0.29, 0.717) is 26.1 Å². The molecule has 3 rings (SSSR count). The third-order valence-corrected chi connectivity index (χ3v) is 10.8. The number of nitro groups is 2. The van der Waals surface area contributed by atoms with Crippen LogP contribution in [0.1, 0.15) is 33.1 Å². The summed E-state index contributed by atoms with van der Waals surface area (Å²) in [6, 6.07) is 7.41. The Kier molecular flexibility index (Phi) is 12.3. The zero-order valence-corrected chi connectivity index (χ0v) is 26.1. The number of ether oxygens (including phenoxy) is 2. The Morgan fingerprint density at radius 1 is 0.955 bits per heavy atom. The second kappa shape index (κ2) is 15.5. The molecule has 240 valence electrons. The summed E-state index contributed by atoms with van der Waals surface area (Å²) in [4.78, 5) is 20.6. The van der Waals surface area contributed by atoms with Gasteiger partial charge in [-0.2, -0.15) is 8.61 Å². The lowest BCUT2D eigenvalue weighted by molar-refractivity contribution is -0.385. The average molecular weight is 653 g/mol. The summed E-state index contributed by atoms with van der Waals surface area (Å²) in [7, 11) is -8.34. The average Bonchev–Trinajstić information content (AvgIpc) is 3.47. The number of sulfonamides is 2. The van der Waals surface area contributed by atoms with Crippen LogP contribution in [0.15, 0.2) is 83.1 Å². The molecule has 0 unspecified atom stereocenters. The zero-order valence-electron chi connectivity index (χ0n) is 24.4. The van der Waals surface area contributed by atoms with E-state index in [4.69, 9.17) is 9.47 Å². The molecule has 0 N–H and O–H groups in total. The predicted molar refractivity (Wildman–Crippen MR) is 162 cm³/mol. The first-order chi connectivity index (χ1) is 20.9. The summed E-state index contributed by atoms with van der Waals surface area (Å²) in [5.74, 6) is 0. The van der Waals surface area contributed by atoms with Crippen LogP contribution in [0.3, 0.4) is 0 Å². The number of hydrogen-bond donors (Lipinski definition) is 0. The highest BCUT2D eigenvalue weighted by atomic mass is 32.2. The van der Waals surface area contributed by atoms with E-state index in [9.17, 15) is 37.1 Å². The monoisotopic (exact) mass is 652 g/mol. The van der Waals surface area contributed by atoms with Gasteiger partial charge < -0.3 is 9.47 Å². The van der Waals surface area contributed by atoms with Crippen LogP contribution in [0.5, 0.6) is 0 Å². The van der Waals surface area contributed by atoms with E-state index in [0.717, 1.165) is 48.5 Å². The smallest absolute Gasteiger partial charge is 0.269 e. The fraction of sp³-hybridized carbons (Fsp3) is 0.429. The van der Waals surface area contributed by atoms with Crippen LogP contribution >= 0.6 is 0 Å². The van der Waals surface area contributed by atoms with E-state index in [1.807, 2.05) is 13.8 Å². The molecule has 0 amide bonds. The second-order valence-electron chi connectivity index (χ2n) is 9.71. The molecule has 1 aliphatic heterocycles. The molecule has 0 aliphatic carbocycles. The van der Waals surface area contributed by atoms with E-state index in [1.54, 1.807) is 12.2 Å². The van der Waals surface area contributed by atoms with Gasteiger partial charge in [-0.25, -0.2) is 16.8 Å². The van der Waals surface area contributed by atoms with Crippen molar-refractivity contribution in [3.05, 3.63) is 93.6 Å². The predicted octanol–water partition coefficient (Wildman–Crippen LogP) is 4.25. The maximum absolute atomic E-state index is 13.9. The molecule has 1 aliphatic rings. The molecule has 0 saturated heterocycles. The molecular formula is C28H36N4O10S2. The topological polar surface area (TPSA) is 179 Å². The van der Waals surface area contributed by atoms with Crippen LogP contribution in [-0.4, -0.2) is 80.0 Å². The van der Waals surface area contributed by atoms with Crippen molar-refractivity contribution in [2.75, 3.05) is 26.3 Å². The van der Waals surface area contributed by atoms with Crippen LogP contribution in [0, 0.1) is 20.2 Å². The third-order valence-electron chi connectivity index (χ3n) is 6.97. The minimum Gasteiger partial charge on any atom is -0.353 e. The number of nitro benzene ring substituents is 2. The van der Waals surface area contributed by atoms with Crippen molar-refractivity contribution >= 4 is 31.4 Å². The molecule has 2 aromatic rings. The Bertz CT molecular complexity index is 1540. The van der Waals surface area contributed by atoms with Gasteiger partial charge in [0.25, 0.3) is 11.4 Å². The van der Waals surface area contributed by atoms with Crippen LogP contribution < -0.4 is 0 Å². The molecule has 0 bridgehead atoms. The maximum Gasteiger partial charge on any atom is 0.269 e. The molecule has 1 heterocycles. The minimum absolute atomic E-state index is 0.00179. The molecule has 2 atom stereocenters. The van der Waals surface area contributed by atoms with Crippen molar-refractivity contribution in [1.29, 1.82) is 0 Å². The Balaban J connectivity index is 1.91. The minimum atomic E-state index is -4.24. The SMILES string of the molecule is C=C[C@@H](C[C@H]1C=CCN1S(=O)(=O)c1ccc([N+](=O)[O-])cc1)N(CCCC(OCC)OCC)S(=O)(=O)c1ccc([N+](=O)[O-])cc1. The van der Waals surface area contributed by atoms with Crippen molar-refractivity contribution in [1.82, 2.24) is 8.61 Å². The molecule has 0 saturated carbocycles. The van der Waals surface area contributed by atoms with Crippen molar-refractivity contribution in [2.24, 2.45) is 0 Å². The first kappa shape index (κ1) is 34.9. The van der Waals surface area contributed by atoms with Gasteiger partial charge in [0.2, 0.25) is 20.0 Å². The summed E-state index contributed by atoms with van der Waals surface area (Å²) in [6.45, 7) is 8.29. The molecule has 0 fully saturated rings. The van der Waals surface area contributed by atoms with E-state index in [1.165, 1.54) is 14.7 Å². The Hall–Kier alpha value is -3.54. The van der Waals surface area contributed by atoms with Gasteiger partial charge in [-0.3, -0.25) is 20.2 Å². The molecule has 0 radical (unpaired) electrons. The lowest BCUT2D eigenvalue weighted by atomic mass is 10.1. The van der Waals surface area contributed by atoms with Gasteiger partial charge in [0.05, 0.1) is 19.6 Å². The molecule has 0 aromatic heterocycles. The standard InChI is InChI=1S/C28H36N4O10S2/c1-4-22(21-25-9-7-19-30(25)44(39,40)27-17-13-24(14-18-27)32(35)36)29(20-8-10-28(41-5-2)42-6-3)43(37,38)26-15-11-23(12-16-26)31(33)34/h4,7,9,11-18,22,25,28H,1,5-6,8,10,19-21H2,2-3H3/t22-,25+/m0/s1. The molecule has 44 heavy (non-hydrogen) atoms. The molecule has 14 nitrogen and oxygen atoms in total. The normalized spacial score (nSPS) is 16.4. The molecule has 0 spiro atoms. The fourth-order valence-corrected chi connectivity index (χ4v) is 8.01. The van der Waals surface area contributed by atoms with Gasteiger partial charge in [0.15, 0.2) is 6.29 Å². The van der Waals surface area contributed by atoms with E-state index >= 15 is 0 Å². The van der Waals surface area contributed by atoms with Crippen molar-refractivity contribution in [3.63, 3.8) is 0 Å². The van der Waals surface area contributed by atoms with Gasteiger partial charge in [-0.15, -0.1) is 6.58 Å². The number of benzene rings is 2. The number of hydrogen-bond acceptors (Lipinski definition) is 10. The highest BCUT2D eigenvalue weighted by molar-refractivity contribution is 7.89. The quantitative estimate of drug-likeness (QED) is 0.0978. The van der Waals surface area contributed by atoms with Gasteiger partial charge in [0.1, 0.15) is 0 Å². The highest BCUT2D eigenvalue weighted by Crippen LogP contribution is 2.30. The summed E-state index contributed by atoms with van der Waals surface area (Å²) in [5.41, 5.74) is -0.523. The fourth-order valence-electron chi connectivity index (χ4n) is 4.82. The molecular weight excluding hydrogens is 616 g/mol. The van der Waals surface area contributed by atoms with Gasteiger partial charge in [0, 0.05) is 62.7 Å². The van der Waals surface area contributed by atoms with Crippen LogP contribution in [0.2, 0.25) is 0 Å².